The van der Waals surface area contributed by atoms with Gasteiger partial charge >= 0.3 is 6.18 Å². The molecular weight excluding hydrogens is 321 g/mol. The Morgan fingerprint density at radius 3 is 2.42 bits per heavy atom. The quantitative estimate of drug-likeness (QED) is 0.863. The number of nitrogens with one attached hydrogen (secondary N) is 1. The van der Waals surface area contributed by atoms with E-state index in [4.69, 9.17) is 0 Å². The van der Waals surface area contributed by atoms with Gasteiger partial charge in [-0.25, -0.2) is 0 Å². The molecule has 0 unspecified atom stereocenters. The third-order valence-electron chi connectivity index (χ3n) is 3.30. The summed E-state index contributed by atoms with van der Waals surface area (Å²) in [6, 6.07) is 9.24. The molecule has 0 radical (unpaired) electrons. The van der Waals surface area contributed by atoms with E-state index in [2.05, 4.69) is 5.32 Å². The van der Waals surface area contributed by atoms with Gasteiger partial charge in [-0.05, 0) is 30.3 Å². The highest BCUT2D eigenvalue weighted by molar-refractivity contribution is 6.05. The van der Waals surface area contributed by atoms with Gasteiger partial charge in [0, 0.05) is 36.6 Å². The number of benzene rings is 2. The number of amides is 1. The Kier molecular flexibility index (Phi) is 4.92. The standard InChI is InChI=1S/C17H15F3N2O2/c1-22(2)15-8-12(7-13(9-15)17(18,19)20)16(24)21-14-5-3-4-11(6-14)10-23/h3-10H,1-2H3,(H,21,24). The number of halogens is 3. The van der Waals surface area contributed by atoms with Crippen LogP contribution in [-0.2, 0) is 6.18 Å². The van der Waals surface area contributed by atoms with Gasteiger partial charge in [-0.2, -0.15) is 13.2 Å². The molecule has 4 nitrogen and oxygen atoms in total. The second kappa shape index (κ2) is 6.74. The molecule has 1 amide bonds. The van der Waals surface area contributed by atoms with Crippen molar-refractivity contribution in [3.8, 4) is 0 Å². The third kappa shape index (κ3) is 4.13. The SMILES string of the molecule is CN(C)c1cc(C(=O)Nc2cccc(C=O)c2)cc(C(F)(F)F)c1. The van der Waals surface area contributed by atoms with E-state index in [0.717, 1.165) is 12.1 Å². The van der Waals surface area contributed by atoms with Gasteiger partial charge in [0.15, 0.2) is 0 Å². The summed E-state index contributed by atoms with van der Waals surface area (Å²) in [5.41, 5.74) is -0.0821. The number of hydrogen-bond donors (Lipinski definition) is 1. The van der Waals surface area contributed by atoms with E-state index in [9.17, 15) is 22.8 Å². The number of anilines is 2. The van der Waals surface area contributed by atoms with Crippen LogP contribution < -0.4 is 10.2 Å². The predicted molar refractivity (Wildman–Crippen MR) is 85.6 cm³/mol. The van der Waals surface area contributed by atoms with Crippen molar-refractivity contribution in [2.75, 3.05) is 24.3 Å². The maximum atomic E-state index is 13.0. The Hall–Kier alpha value is -2.83. The summed E-state index contributed by atoms with van der Waals surface area (Å²) in [4.78, 5) is 24.5. The molecule has 0 saturated carbocycles. The molecule has 126 valence electrons. The summed E-state index contributed by atoms with van der Waals surface area (Å²) < 4.78 is 39.0. The molecule has 0 aromatic heterocycles. The molecule has 0 saturated heterocycles. The highest BCUT2D eigenvalue weighted by Gasteiger charge is 2.32. The average Bonchev–Trinajstić information content (AvgIpc) is 2.53. The fourth-order valence-electron chi connectivity index (χ4n) is 2.06. The highest BCUT2D eigenvalue weighted by Crippen LogP contribution is 2.32. The smallest absolute Gasteiger partial charge is 0.378 e. The molecule has 0 heterocycles. The molecule has 0 aliphatic rings. The molecule has 2 rings (SSSR count). The lowest BCUT2D eigenvalue weighted by molar-refractivity contribution is -0.137. The number of aldehydes is 1. The minimum absolute atomic E-state index is 0.120. The van der Waals surface area contributed by atoms with Gasteiger partial charge in [-0.15, -0.1) is 0 Å². The third-order valence-corrected chi connectivity index (χ3v) is 3.30. The summed E-state index contributed by atoms with van der Waals surface area (Å²) in [5, 5.41) is 2.49. The Morgan fingerprint density at radius 2 is 1.83 bits per heavy atom. The van der Waals surface area contributed by atoms with Crippen LogP contribution >= 0.6 is 0 Å². The first-order chi connectivity index (χ1) is 11.2. The van der Waals surface area contributed by atoms with E-state index >= 15 is 0 Å². The van der Waals surface area contributed by atoms with Gasteiger partial charge in [0.2, 0.25) is 0 Å². The van der Waals surface area contributed by atoms with Crippen molar-refractivity contribution in [1.82, 2.24) is 0 Å². The van der Waals surface area contributed by atoms with Crippen LogP contribution in [0.25, 0.3) is 0 Å². The Labute approximate surface area is 136 Å². The maximum absolute atomic E-state index is 13.0. The first-order valence-electron chi connectivity index (χ1n) is 6.97. The zero-order chi connectivity index (χ0) is 17.9. The van der Waals surface area contributed by atoms with Crippen LogP contribution in [0.3, 0.4) is 0 Å². The molecule has 0 atom stereocenters. The van der Waals surface area contributed by atoms with Crippen LogP contribution in [0.2, 0.25) is 0 Å². The van der Waals surface area contributed by atoms with Crippen molar-refractivity contribution in [3.63, 3.8) is 0 Å². The summed E-state index contributed by atoms with van der Waals surface area (Å²) in [5.74, 6) is -0.688. The van der Waals surface area contributed by atoms with E-state index in [0.29, 0.717) is 17.5 Å². The number of carbonyl (C=O) groups excluding carboxylic acids is 2. The maximum Gasteiger partial charge on any atom is 0.416 e. The molecule has 0 aliphatic carbocycles. The van der Waals surface area contributed by atoms with E-state index < -0.39 is 17.6 Å². The monoisotopic (exact) mass is 336 g/mol. The molecular formula is C17H15F3N2O2. The lowest BCUT2D eigenvalue weighted by Gasteiger charge is -2.17. The van der Waals surface area contributed by atoms with Crippen molar-refractivity contribution in [2.24, 2.45) is 0 Å². The predicted octanol–water partition coefficient (Wildman–Crippen LogP) is 3.84. The van der Waals surface area contributed by atoms with Crippen molar-refractivity contribution in [3.05, 3.63) is 59.2 Å². The van der Waals surface area contributed by atoms with Crippen molar-refractivity contribution >= 4 is 23.6 Å². The summed E-state index contributed by atoms with van der Waals surface area (Å²) >= 11 is 0. The first-order valence-corrected chi connectivity index (χ1v) is 6.97. The van der Waals surface area contributed by atoms with Crippen LogP contribution in [0, 0.1) is 0 Å². The second-order valence-electron chi connectivity index (χ2n) is 5.36. The number of carbonyl (C=O) groups is 2. The van der Waals surface area contributed by atoms with Crippen LogP contribution in [-0.4, -0.2) is 26.3 Å². The minimum Gasteiger partial charge on any atom is -0.378 e. The van der Waals surface area contributed by atoms with Gasteiger partial charge in [-0.3, -0.25) is 9.59 Å². The molecule has 1 N–H and O–H groups in total. The van der Waals surface area contributed by atoms with Crippen LogP contribution in [0.4, 0.5) is 24.5 Å². The lowest BCUT2D eigenvalue weighted by Crippen LogP contribution is -2.17. The normalized spacial score (nSPS) is 11.0. The Balaban J connectivity index is 2.37. The molecule has 0 bridgehead atoms. The first kappa shape index (κ1) is 17.5. The van der Waals surface area contributed by atoms with Crippen molar-refractivity contribution < 1.29 is 22.8 Å². The Morgan fingerprint density at radius 1 is 1.12 bits per heavy atom. The van der Waals surface area contributed by atoms with Gasteiger partial charge in [0.05, 0.1) is 5.56 Å². The number of nitrogens with zero attached hydrogens (tertiary/aromatic N) is 1. The fourth-order valence-corrected chi connectivity index (χ4v) is 2.06. The van der Waals surface area contributed by atoms with Crippen LogP contribution in [0.1, 0.15) is 26.3 Å². The van der Waals surface area contributed by atoms with Gasteiger partial charge in [0.1, 0.15) is 6.29 Å². The van der Waals surface area contributed by atoms with Crippen LogP contribution in [0.15, 0.2) is 42.5 Å². The average molecular weight is 336 g/mol. The second-order valence-corrected chi connectivity index (χ2v) is 5.36. The molecule has 2 aromatic carbocycles. The zero-order valence-electron chi connectivity index (χ0n) is 13.0. The highest BCUT2D eigenvalue weighted by atomic mass is 19.4. The van der Waals surface area contributed by atoms with Gasteiger partial charge in [0.25, 0.3) is 5.91 Å². The summed E-state index contributed by atoms with van der Waals surface area (Å²) in [6.45, 7) is 0. The summed E-state index contributed by atoms with van der Waals surface area (Å²) in [6.07, 6.45) is -3.94. The summed E-state index contributed by atoms with van der Waals surface area (Å²) in [7, 11) is 3.18. The number of hydrogen-bond acceptors (Lipinski definition) is 3. The molecule has 2 aromatic rings. The zero-order valence-corrected chi connectivity index (χ0v) is 13.0. The van der Waals surface area contributed by atoms with E-state index in [-0.39, 0.29) is 11.3 Å². The number of rotatable bonds is 4. The van der Waals surface area contributed by atoms with E-state index in [1.807, 2.05) is 0 Å². The lowest BCUT2D eigenvalue weighted by atomic mass is 10.1. The molecule has 0 fully saturated rings. The Bertz CT molecular complexity index is 771. The topological polar surface area (TPSA) is 49.4 Å². The van der Waals surface area contributed by atoms with E-state index in [1.54, 1.807) is 32.3 Å². The number of alkyl halides is 3. The van der Waals surface area contributed by atoms with Crippen LogP contribution in [0.5, 0.6) is 0 Å². The molecule has 0 spiro atoms. The minimum atomic E-state index is -4.56. The van der Waals surface area contributed by atoms with Gasteiger partial charge < -0.3 is 10.2 Å². The molecule has 7 heteroatoms. The van der Waals surface area contributed by atoms with Gasteiger partial charge in [-0.1, -0.05) is 12.1 Å². The van der Waals surface area contributed by atoms with Crippen molar-refractivity contribution in [2.45, 2.75) is 6.18 Å². The molecule has 0 aliphatic heterocycles. The largest absolute Gasteiger partial charge is 0.416 e. The van der Waals surface area contributed by atoms with Crippen molar-refractivity contribution in [1.29, 1.82) is 0 Å². The molecule has 24 heavy (non-hydrogen) atoms. The van der Waals surface area contributed by atoms with E-state index in [1.165, 1.54) is 17.0 Å². The fraction of sp³-hybridized carbons (Fsp3) is 0.176.